The van der Waals surface area contributed by atoms with Crippen molar-refractivity contribution in [1.29, 1.82) is 0 Å². The highest BCUT2D eigenvalue weighted by Gasteiger charge is 2.38. The monoisotopic (exact) mass is 336 g/mol. The second-order valence-electron chi connectivity index (χ2n) is 6.90. The van der Waals surface area contributed by atoms with Gasteiger partial charge in [-0.3, -0.25) is 9.69 Å². The van der Waals surface area contributed by atoms with Crippen LogP contribution in [0.15, 0.2) is 18.2 Å². The quantitative estimate of drug-likeness (QED) is 0.860. The van der Waals surface area contributed by atoms with E-state index >= 15 is 0 Å². The van der Waals surface area contributed by atoms with Crippen molar-refractivity contribution in [3.8, 4) is 5.75 Å². The van der Waals surface area contributed by atoms with Gasteiger partial charge in [0.25, 0.3) is 5.91 Å². The van der Waals surface area contributed by atoms with E-state index in [9.17, 15) is 14.3 Å². The third-order valence-electron chi connectivity index (χ3n) is 5.27. The molecule has 6 heteroatoms. The number of carbonyl (C=O) groups excluding carboxylic acids is 1. The van der Waals surface area contributed by atoms with Gasteiger partial charge >= 0.3 is 0 Å². The molecule has 1 atom stereocenters. The summed E-state index contributed by atoms with van der Waals surface area (Å²) in [6.45, 7) is 1.89. The van der Waals surface area contributed by atoms with Crippen LogP contribution in [0.2, 0.25) is 0 Å². The van der Waals surface area contributed by atoms with E-state index < -0.39 is 5.82 Å². The van der Waals surface area contributed by atoms with E-state index in [4.69, 9.17) is 4.74 Å². The molecule has 1 saturated carbocycles. The van der Waals surface area contributed by atoms with Crippen LogP contribution in [0.3, 0.4) is 0 Å². The highest BCUT2D eigenvalue weighted by atomic mass is 19.1. The zero-order valence-electron chi connectivity index (χ0n) is 14.2. The van der Waals surface area contributed by atoms with E-state index in [0.717, 1.165) is 12.8 Å². The summed E-state index contributed by atoms with van der Waals surface area (Å²) in [7, 11) is 3.18. The Kier molecular flexibility index (Phi) is 5.06. The van der Waals surface area contributed by atoms with E-state index in [1.54, 1.807) is 18.0 Å². The second kappa shape index (κ2) is 7.07. The number of rotatable bonds is 6. The molecule has 132 valence electrons. The predicted octanol–water partition coefficient (Wildman–Crippen LogP) is 1.75. The summed E-state index contributed by atoms with van der Waals surface area (Å²) >= 11 is 0. The molecule has 1 N–H and O–H groups in total. The Bertz CT molecular complexity index is 600. The molecule has 1 aliphatic heterocycles. The summed E-state index contributed by atoms with van der Waals surface area (Å²) in [6.07, 6.45) is 3.29. The Morgan fingerprint density at radius 2 is 2.17 bits per heavy atom. The van der Waals surface area contributed by atoms with E-state index in [-0.39, 0.29) is 23.6 Å². The molecule has 0 aromatic heterocycles. The van der Waals surface area contributed by atoms with Crippen LogP contribution in [0.25, 0.3) is 0 Å². The van der Waals surface area contributed by atoms with Crippen LogP contribution in [-0.4, -0.2) is 66.8 Å². The van der Waals surface area contributed by atoms with Gasteiger partial charge in [-0.15, -0.1) is 0 Å². The summed E-state index contributed by atoms with van der Waals surface area (Å²) in [5, 5.41) is 9.56. The Hall–Kier alpha value is -1.66. The fourth-order valence-corrected chi connectivity index (χ4v) is 3.51. The van der Waals surface area contributed by atoms with Crippen molar-refractivity contribution in [3.63, 3.8) is 0 Å². The van der Waals surface area contributed by atoms with Gasteiger partial charge in [-0.2, -0.15) is 0 Å². The number of nitrogens with zero attached hydrogens (tertiary/aromatic N) is 2. The number of likely N-dealkylation sites (N-methyl/N-ethyl adjacent to an activating group) is 1. The van der Waals surface area contributed by atoms with Crippen molar-refractivity contribution in [2.75, 3.05) is 33.8 Å². The summed E-state index contributed by atoms with van der Waals surface area (Å²) in [5.41, 5.74) is 0.0642. The van der Waals surface area contributed by atoms with E-state index in [1.807, 2.05) is 0 Å². The molecule has 1 saturated heterocycles. The third-order valence-corrected chi connectivity index (χ3v) is 5.27. The molecular weight excluding hydrogens is 311 g/mol. The van der Waals surface area contributed by atoms with E-state index in [0.29, 0.717) is 31.3 Å². The summed E-state index contributed by atoms with van der Waals surface area (Å²) in [6, 6.07) is 4.55. The molecular formula is C18H25FN2O3. The van der Waals surface area contributed by atoms with Crippen LogP contribution in [-0.2, 0) is 0 Å². The predicted molar refractivity (Wildman–Crippen MR) is 88.6 cm³/mol. The van der Waals surface area contributed by atoms with Crippen LogP contribution in [0, 0.1) is 11.7 Å². The number of likely N-dealkylation sites (tertiary alicyclic amines) is 1. The first kappa shape index (κ1) is 17.2. The smallest absolute Gasteiger partial charge is 0.256 e. The average Bonchev–Trinajstić information content (AvgIpc) is 2.48. The fourth-order valence-electron chi connectivity index (χ4n) is 3.51. The largest absolute Gasteiger partial charge is 0.497 e. The highest BCUT2D eigenvalue weighted by molar-refractivity contribution is 5.94. The molecule has 2 aliphatic rings. The van der Waals surface area contributed by atoms with Gasteiger partial charge in [0.05, 0.1) is 18.8 Å². The molecule has 0 spiro atoms. The lowest BCUT2D eigenvalue weighted by atomic mass is 9.78. The van der Waals surface area contributed by atoms with Gasteiger partial charge < -0.3 is 14.7 Å². The Morgan fingerprint density at radius 3 is 2.67 bits per heavy atom. The van der Waals surface area contributed by atoms with Gasteiger partial charge in [0.15, 0.2) is 0 Å². The molecule has 1 aromatic carbocycles. The van der Waals surface area contributed by atoms with Gasteiger partial charge in [-0.05, 0) is 30.9 Å². The topological polar surface area (TPSA) is 53.0 Å². The third kappa shape index (κ3) is 3.39. The van der Waals surface area contributed by atoms with Crippen LogP contribution in [0.4, 0.5) is 4.39 Å². The maximum atomic E-state index is 14.1. The van der Waals surface area contributed by atoms with Gasteiger partial charge in [0, 0.05) is 38.8 Å². The number of halogens is 1. The SMILES string of the molecule is COc1ccc(C(=O)N(C)CC(C2CCC2)N2CC(O)C2)c(F)c1. The van der Waals surface area contributed by atoms with Crippen LogP contribution in [0.5, 0.6) is 5.75 Å². The zero-order chi connectivity index (χ0) is 17.3. The number of amides is 1. The van der Waals surface area contributed by atoms with Crippen molar-refractivity contribution in [1.82, 2.24) is 9.80 Å². The number of carbonyl (C=O) groups is 1. The standard InChI is InChI=1S/C18H25FN2O3/c1-20(18(23)15-7-6-14(24-2)8-16(15)19)11-17(12-4-3-5-12)21-9-13(22)10-21/h6-8,12-13,17,22H,3-5,9-11H2,1-2H3. The number of aliphatic hydroxyl groups is 1. The van der Waals surface area contributed by atoms with Gasteiger partial charge in [-0.25, -0.2) is 4.39 Å². The maximum Gasteiger partial charge on any atom is 0.256 e. The summed E-state index contributed by atoms with van der Waals surface area (Å²) in [5.74, 6) is 0.0772. The van der Waals surface area contributed by atoms with Crippen LogP contribution < -0.4 is 4.74 Å². The van der Waals surface area contributed by atoms with Crippen LogP contribution >= 0.6 is 0 Å². The lowest BCUT2D eigenvalue weighted by molar-refractivity contribution is -0.0555. The minimum Gasteiger partial charge on any atom is -0.497 e. The first-order valence-corrected chi connectivity index (χ1v) is 8.50. The number of hydrogen-bond acceptors (Lipinski definition) is 4. The van der Waals surface area contributed by atoms with Crippen molar-refractivity contribution in [2.45, 2.75) is 31.4 Å². The van der Waals surface area contributed by atoms with Gasteiger partial charge in [0.2, 0.25) is 0 Å². The normalized spacial score (nSPS) is 20.2. The first-order chi connectivity index (χ1) is 11.5. The number of aliphatic hydroxyl groups excluding tert-OH is 1. The minimum absolute atomic E-state index is 0.0642. The molecule has 2 fully saturated rings. The van der Waals surface area contributed by atoms with Crippen molar-refractivity contribution in [3.05, 3.63) is 29.6 Å². The summed E-state index contributed by atoms with van der Waals surface area (Å²) < 4.78 is 19.1. The minimum atomic E-state index is -0.564. The molecule has 1 heterocycles. The van der Waals surface area contributed by atoms with E-state index in [1.165, 1.54) is 25.7 Å². The Balaban J connectivity index is 1.67. The number of hydrogen-bond donors (Lipinski definition) is 1. The highest BCUT2D eigenvalue weighted by Crippen LogP contribution is 2.34. The lowest BCUT2D eigenvalue weighted by Crippen LogP contribution is -2.61. The molecule has 0 bridgehead atoms. The molecule has 5 nitrogen and oxygen atoms in total. The second-order valence-corrected chi connectivity index (χ2v) is 6.90. The Labute approximate surface area is 142 Å². The van der Waals surface area contributed by atoms with Crippen LogP contribution in [0.1, 0.15) is 29.6 Å². The van der Waals surface area contributed by atoms with Crippen molar-refractivity contribution < 1.29 is 19.0 Å². The fraction of sp³-hybridized carbons (Fsp3) is 0.611. The molecule has 3 rings (SSSR count). The van der Waals surface area contributed by atoms with Gasteiger partial charge in [0.1, 0.15) is 11.6 Å². The van der Waals surface area contributed by atoms with Crippen molar-refractivity contribution >= 4 is 5.91 Å². The van der Waals surface area contributed by atoms with Crippen molar-refractivity contribution in [2.24, 2.45) is 5.92 Å². The lowest BCUT2D eigenvalue weighted by Gasteiger charge is -2.48. The van der Waals surface area contributed by atoms with Gasteiger partial charge in [-0.1, -0.05) is 6.42 Å². The molecule has 0 radical (unpaired) electrons. The average molecular weight is 336 g/mol. The maximum absolute atomic E-state index is 14.1. The summed E-state index contributed by atoms with van der Waals surface area (Å²) in [4.78, 5) is 16.4. The molecule has 1 amide bonds. The molecule has 1 unspecified atom stereocenters. The number of ether oxygens (including phenoxy) is 1. The Morgan fingerprint density at radius 1 is 1.46 bits per heavy atom. The molecule has 1 aromatic rings. The molecule has 1 aliphatic carbocycles. The van der Waals surface area contributed by atoms with E-state index in [2.05, 4.69) is 4.90 Å². The number of methoxy groups -OCH3 is 1. The number of β-amino-alcohol motifs (C(OH)–C–C–N with tert-alkyl or cyclic N) is 1. The number of benzene rings is 1. The first-order valence-electron chi connectivity index (χ1n) is 8.50. The zero-order valence-corrected chi connectivity index (χ0v) is 14.2. The molecule has 24 heavy (non-hydrogen) atoms.